The van der Waals surface area contributed by atoms with Gasteiger partial charge < -0.3 is 24.5 Å². The molecule has 0 bridgehead atoms. The van der Waals surface area contributed by atoms with Crippen molar-refractivity contribution in [2.45, 2.75) is 19.1 Å². The average molecular weight is 282 g/mol. The summed E-state index contributed by atoms with van der Waals surface area (Å²) in [6.07, 6.45) is 2.41. The minimum absolute atomic E-state index is 0.0490. The maximum Gasteiger partial charge on any atom is 0.227 e. The van der Waals surface area contributed by atoms with E-state index in [1.807, 2.05) is 19.2 Å². The van der Waals surface area contributed by atoms with Gasteiger partial charge in [-0.3, -0.25) is 4.79 Å². The van der Waals surface area contributed by atoms with Crippen LogP contribution in [0.4, 0.5) is 0 Å². The monoisotopic (exact) mass is 282 g/mol. The predicted molar refractivity (Wildman–Crippen MR) is 73.1 cm³/mol. The highest BCUT2D eigenvalue weighted by Gasteiger charge is 2.32. The summed E-state index contributed by atoms with van der Waals surface area (Å²) in [6.45, 7) is 2.77. The zero-order valence-corrected chi connectivity index (χ0v) is 11.8. The van der Waals surface area contributed by atoms with Crippen LogP contribution < -0.4 is 10.6 Å². The first kappa shape index (κ1) is 15.0. The number of furan rings is 1. The molecule has 1 aromatic rings. The molecule has 6 heteroatoms. The van der Waals surface area contributed by atoms with Crippen molar-refractivity contribution < 1.29 is 18.7 Å². The zero-order valence-electron chi connectivity index (χ0n) is 11.8. The van der Waals surface area contributed by atoms with E-state index in [0.29, 0.717) is 33.0 Å². The Morgan fingerprint density at radius 3 is 3.15 bits per heavy atom. The van der Waals surface area contributed by atoms with Gasteiger partial charge >= 0.3 is 0 Å². The highest BCUT2D eigenvalue weighted by Crippen LogP contribution is 2.13. The van der Waals surface area contributed by atoms with E-state index in [4.69, 9.17) is 13.9 Å². The van der Waals surface area contributed by atoms with E-state index in [2.05, 4.69) is 10.6 Å². The lowest BCUT2D eigenvalue weighted by Gasteiger charge is -2.16. The minimum atomic E-state index is -0.0935. The quantitative estimate of drug-likeness (QED) is 0.681. The Kier molecular flexibility index (Phi) is 6.04. The van der Waals surface area contributed by atoms with Crippen molar-refractivity contribution in [1.82, 2.24) is 10.6 Å². The minimum Gasteiger partial charge on any atom is -0.467 e. The van der Waals surface area contributed by atoms with E-state index in [9.17, 15) is 4.79 Å². The molecule has 2 heterocycles. The van der Waals surface area contributed by atoms with Crippen LogP contribution in [0.1, 0.15) is 12.2 Å². The largest absolute Gasteiger partial charge is 0.467 e. The summed E-state index contributed by atoms with van der Waals surface area (Å²) in [5.74, 6) is 0.769. The predicted octanol–water partition coefficient (Wildman–Crippen LogP) is 0.537. The van der Waals surface area contributed by atoms with Gasteiger partial charge in [0, 0.05) is 19.2 Å². The van der Waals surface area contributed by atoms with Crippen molar-refractivity contribution in [3.63, 3.8) is 0 Å². The fourth-order valence-electron chi connectivity index (χ4n) is 2.18. The summed E-state index contributed by atoms with van der Waals surface area (Å²) in [7, 11) is 1.85. The lowest BCUT2D eigenvalue weighted by molar-refractivity contribution is -0.125. The molecular weight excluding hydrogens is 260 g/mol. The van der Waals surface area contributed by atoms with Crippen LogP contribution in [0.2, 0.25) is 0 Å². The summed E-state index contributed by atoms with van der Waals surface area (Å²) >= 11 is 0. The molecule has 2 atom stereocenters. The summed E-state index contributed by atoms with van der Waals surface area (Å²) < 4.78 is 15.9. The van der Waals surface area contributed by atoms with E-state index < -0.39 is 0 Å². The molecule has 1 aromatic heterocycles. The third kappa shape index (κ3) is 4.33. The molecule has 0 radical (unpaired) electrons. The maximum atomic E-state index is 11.9. The molecule has 1 aliphatic heterocycles. The smallest absolute Gasteiger partial charge is 0.227 e. The summed E-state index contributed by atoms with van der Waals surface area (Å²) in [5, 5.41) is 6.02. The van der Waals surface area contributed by atoms with Gasteiger partial charge in [0.2, 0.25) is 5.91 Å². The molecule has 2 rings (SSSR count). The molecule has 1 saturated heterocycles. The molecular formula is C14H22N2O4. The van der Waals surface area contributed by atoms with Gasteiger partial charge in [0.05, 0.1) is 25.4 Å². The third-order valence-corrected chi connectivity index (χ3v) is 3.38. The van der Waals surface area contributed by atoms with Crippen LogP contribution in [0.15, 0.2) is 22.8 Å². The zero-order chi connectivity index (χ0) is 14.2. The van der Waals surface area contributed by atoms with E-state index in [0.717, 1.165) is 12.2 Å². The fraction of sp³-hybridized carbons (Fsp3) is 0.643. The van der Waals surface area contributed by atoms with Gasteiger partial charge in [-0.25, -0.2) is 0 Å². The Hall–Kier alpha value is -1.37. The molecule has 20 heavy (non-hydrogen) atoms. The van der Waals surface area contributed by atoms with E-state index in [1.165, 1.54) is 0 Å². The van der Waals surface area contributed by atoms with Crippen molar-refractivity contribution >= 4 is 5.91 Å². The Morgan fingerprint density at radius 1 is 1.50 bits per heavy atom. The number of hydrogen-bond acceptors (Lipinski definition) is 5. The first-order chi connectivity index (χ1) is 9.81. The van der Waals surface area contributed by atoms with Gasteiger partial charge in [-0.05, 0) is 25.6 Å². The second-order valence-corrected chi connectivity index (χ2v) is 4.82. The molecule has 6 nitrogen and oxygen atoms in total. The highest BCUT2D eigenvalue weighted by atomic mass is 16.5. The van der Waals surface area contributed by atoms with Crippen LogP contribution in [0, 0.1) is 5.92 Å². The van der Waals surface area contributed by atoms with Crippen LogP contribution in [0.5, 0.6) is 0 Å². The summed E-state index contributed by atoms with van der Waals surface area (Å²) in [4.78, 5) is 11.9. The lowest BCUT2D eigenvalue weighted by atomic mass is 10.0. The number of amides is 1. The highest BCUT2D eigenvalue weighted by molar-refractivity contribution is 5.79. The molecule has 1 fully saturated rings. The first-order valence-corrected chi connectivity index (χ1v) is 6.94. The number of rotatable bonds is 8. The fourth-order valence-corrected chi connectivity index (χ4v) is 2.18. The van der Waals surface area contributed by atoms with E-state index in [1.54, 1.807) is 6.26 Å². The molecule has 0 aromatic carbocycles. The van der Waals surface area contributed by atoms with Crippen LogP contribution in [-0.2, 0) is 20.9 Å². The normalized spacial score (nSPS) is 22.1. The van der Waals surface area contributed by atoms with Crippen molar-refractivity contribution in [3.8, 4) is 0 Å². The van der Waals surface area contributed by atoms with Crippen LogP contribution in [0.3, 0.4) is 0 Å². The number of carbonyl (C=O) groups excluding carboxylic acids is 1. The second kappa shape index (κ2) is 8.04. The summed E-state index contributed by atoms with van der Waals surface area (Å²) in [6, 6.07) is 3.82. The molecule has 0 spiro atoms. The molecule has 112 valence electrons. The Bertz CT molecular complexity index is 394. The molecule has 0 saturated carbocycles. The third-order valence-electron chi connectivity index (χ3n) is 3.38. The van der Waals surface area contributed by atoms with Crippen molar-refractivity contribution in [2.24, 2.45) is 5.92 Å². The topological polar surface area (TPSA) is 72.7 Å². The maximum absolute atomic E-state index is 11.9. The van der Waals surface area contributed by atoms with Gasteiger partial charge in [-0.1, -0.05) is 0 Å². The molecule has 0 aliphatic carbocycles. The van der Waals surface area contributed by atoms with Crippen LogP contribution in [0.25, 0.3) is 0 Å². The van der Waals surface area contributed by atoms with Gasteiger partial charge in [0.25, 0.3) is 0 Å². The average Bonchev–Trinajstić information content (AvgIpc) is 3.12. The van der Waals surface area contributed by atoms with Crippen LogP contribution >= 0.6 is 0 Å². The number of hydrogen-bond donors (Lipinski definition) is 2. The van der Waals surface area contributed by atoms with E-state index in [-0.39, 0.29) is 17.9 Å². The Morgan fingerprint density at radius 2 is 2.40 bits per heavy atom. The lowest BCUT2D eigenvalue weighted by Crippen LogP contribution is -2.42. The second-order valence-electron chi connectivity index (χ2n) is 4.82. The summed E-state index contributed by atoms with van der Waals surface area (Å²) in [5.41, 5.74) is 0. The number of nitrogens with one attached hydrogen (secondary N) is 2. The standard InChI is InChI=1S/C14H22N2O4/c1-15-13-10-19-9-12(13)14(17)16-5-3-6-18-8-11-4-2-7-20-11/h2,4,7,12-13,15H,3,5-6,8-10H2,1H3,(H,16,17). The Labute approximate surface area is 118 Å². The van der Waals surface area contributed by atoms with Gasteiger partial charge in [-0.2, -0.15) is 0 Å². The van der Waals surface area contributed by atoms with Crippen molar-refractivity contribution in [1.29, 1.82) is 0 Å². The van der Waals surface area contributed by atoms with Gasteiger partial charge in [0.15, 0.2) is 0 Å². The Balaban J connectivity index is 1.53. The van der Waals surface area contributed by atoms with Crippen molar-refractivity contribution in [3.05, 3.63) is 24.2 Å². The molecule has 2 N–H and O–H groups in total. The first-order valence-electron chi connectivity index (χ1n) is 6.94. The number of carbonyl (C=O) groups is 1. The molecule has 1 aliphatic rings. The van der Waals surface area contributed by atoms with Crippen molar-refractivity contribution in [2.75, 3.05) is 33.4 Å². The van der Waals surface area contributed by atoms with Gasteiger partial charge in [-0.15, -0.1) is 0 Å². The van der Waals surface area contributed by atoms with Crippen LogP contribution in [-0.4, -0.2) is 45.4 Å². The SMILES string of the molecule is CNC1COCC1C(=O)NCCCOCc1ccco1. The van der Waals surface area contributed by atoms with E-state index >= 15 is 0 Å². The van der Waals surface area contributed by atoms with Gasteiger partial charge in [0.1, 0.15) is 12.4 Å². The molecule has 1 amide bonds. The number of ether oxygens (including phenoxy) is 2. The number of likely N-dealkylation sites (N-methyl/N-ethyl adjacent to an activating group) is 1. The molecule has 2 unspecified atom stereocenters.